The second-order valence-electron chi connectivity index (χ2n) is 4.11. The monoisotopic (exact) mass is 285 g/mol. The Bertz CT molecular complexity index is 462. The minimum Gasteiger partial charge on any atom is -0.334 e. The Labute approximate surface area is 115 Å². The van der Waals surface area contributed by atoms with E-state index in [1.54, 1.807) is 4.90 Å². The molecular weight excluding hydrogens is 273 g/mol. The maximum atomic E-state index is 12.0. The molecule has 4 nitrogen and oxygen atoms in total. The second kappa shape index (κ2) is 5.69. The summed E-state index contributed by atoms with van der Waals surface area (Å²) in [6.45, 7) is 1.23. The molecule has 0 saturated carbocycles. The smallest absolute Gasteiger partial charge is 0.240 e. The minimum absolute atomic E-state index is 0.0936. The van der Waals surface area contributed by atoms with Gasteiger partial charge in [-0.2, -0.15) is 0 Å². The summed E-state index contributed by atoms with van der Waals surface area (Å²) in [5.41, 5.74) is 6.58. The van der Waals surface area contributed by atoms with E-state index in [0.717, 1.165) is 0 Å². The summed E-state index contributed by atoms with van der Waals surface area (Å²) in [6, 6.07) is -0.637. The van der Waals surface area contributed by atoms with Crippen molar-refractivity contribution in [3.8, 4) is 0 Å². The summed E-state index contributed by atoms with van der Waals surface area (Å²) in [7, 11) is 0. The molecule has 2 rings (SSSR count). The van der Waals surface area contributed by atoms with E-state index in [4.69, 9.17) is 28.9 Å². The van der Waals surface area contributed by atoms with Gasteiger partial charge < -0.3 is 10.6 Å². The zero-order valence-electron chi connectivity index (χ0n) is 9.64. The van der Waals surface area contributed by atoms with Crippen LogP contribution in [0.5, 0.6) is 0 Å². The third kappa shape index (κ3) is 2.83. The number of nitrogens with zero attached hydrogens (tertiary/aromatic N) is 2. The maximum absolute atomic E-state index is 12.0. The normalized spacial score (nSPS) is 16.1. The van der Waals surface area contributed by atoms with E-state index in [0.29, 0.717) is 35.1 Å². The number of hydrogen-bond acceptors (Lipinski definition) is 3. The Morgan fingerprint density at radius 3 is 2.44 bits per heavy atom. The van der Waals surface area contributed by atoms with Crippen LogP contribution in [0.3, 0.4) is 0 Å². The van der Waals surface area contributed by atoms with E-state index in [2.05, 4.69) is 4.98 Å². The van der Waals surface area contributed by atoms with Crippen LogP contribution in [0.2, 0.25) is 10.0 Å². The quantitative estimate of drug-likeness (QED) is 0.860. The van der Waals surface area contributed by atoms with Crippen molar-refractivity contribution in [3.63, 3.8) is 0 Å². The number of aromatic nitrogens is 1. The number of amides is 1. The van der Waals surface area contributed by atoms with Gasteiger partial charge in [0.2, 0.25) is 5.91 Å². The maximum Gasteiger partial charge on any atom is 0.240 e. The molecule has 0 spiro atoms. The van der Waals surface area contributed by atoms with Crippen LogP contribution in [0, 0.1) is 0 Å². The first kappa shape index (κ1) is 13.3. The Morgan fingerprint density at radius 1 is 1.33 bits per heavy atom. The molecule has 1 aromatic rings. The largest absolute Gasteiger partial charge is 0.334 e. The average molecular weight is 286 g/mol. The van der Waals surface area contributed by atoms with Gasteiger partial charge in [0.25, 0.3) is 0 Å². The molecule has 1 aliphatic heterocycles. The molecule has 1 atom stereocenters. The number of nitrogens with two attached hydrogens (primary N) is 1. The highest BCUT2D eigenvalue weighted by atomic mass is 35.5. The van der Waals surface area contributed by atoms with Gasteiger partial charge in [-0.05, 0) is 12.0 Å². The predicted octanol–water partition coefficient (Wildman–Crippen LogP) is 1.66. The summed E-state index contributed by atoms with van der Waals surface area (Å²) in [6.07, 6.45) is 7.19. The van der Waals surface area contributed by atoms with E-state index in [1.165, 1.54) is 12.4 Å². The summed E-state index contributed by atoms with van der Waals surface area (Å²) in [5.74, 6) is -0.0936. The van der Waals surface area contributed by atoms with E-state index in [1.807, 2.05) is 12.2 Å². The topological polar surface area (TPSA) is 59.2 Å². The molecule has 1 amide bonds. The molecule has 0 bridgehead atoms. The van der Waals surface area contributed by atoms with Gasteiger partial charge >= 0.3 is 0 Å². The lowest BCUT2D eigenvalue weighted by molar-refractivity contribution is -0.131. The van der Waals surface area contributed by atoms with E-state index in [9.17, 15) is 4.79 Å². The van der Waals surface area contributed by atoms with Gasteiger partial charge in [-0.15, -0.1) is 0 Å². The molecule has 0 aliphatic carbocycles. The third-order valence-electron chi connectivity index (χ3n) is 2.82. The lowest BCUT2D eigenvalue weighted by atomic mass is 10.1. The molecule has 2 heterocycles. The molecule has 1 unspecified atom stereocenters. The Balaban J connectivity index is 2.06. The molecule has 0 radical (unpaired) electrons. The number of hydrogen-bond donors (Lipinski definition) is 1. The zero-order chi connectivity index (χ0) is 13.1. The van der Waals surface area contributed by atoms with Crippen molar-refractivity contribution in [2.75, 3.05) is 13.1 Å². The lowest BCUT2D eigenvalue weighted by Crippen LogP contribution is -2.43. The van der Waals surface area contributed by atoms with Crippen molar-refractivity contribution >= 4 is 29.1 Å². The molecule has 2 N–H and O–H groups in total. The molecule has 1 aliphatic rings. The van der Waals surface area contributed by atoms with Crippen LogP contribution < -0.4 is 5.73 Å². The summed E-state index contributed by atoms with van der Waals surface area (Å²) < 4.78 is 0. The fourth-order valence-electron chi connectivity index (χ4n) is 1.83. The zero-order valence-corrected chi connectivity index (χ0v) is 11.2. The molecule has 1 aromatic heterocycles. The first-order chi connectivity index (χ1) is 8.59. The number of pyridine rings is 1. The standard InChI is InChI=1S/C12H13Cl2N3O/c13-9-6-16-7-10(14)8(9)5-11(15)12(18)17-3-1-2-4-17/h1-2,6-7,11H,3-5,15H2. The van der Waals surface area contributed by atoms with Crippen molar-refractivity contribution in [2.45, 2.75) is 12.5 Å². The minimum atomic E-state index is -0.637. The van der Waals surface area contributed by atoms with Crippen LogP contribution >= 0.6 is 23.2 Å². The van der Waals surface area contributed by atoms with Gasteiger partial charge in [0.05, 0.1) is 16.1 Å². The van der Waals surface area contributed by atoms with Gasteiger partial charge in [0.1, 0.15) is 0 Å². The first-order valence-corrected chi connectivity index (χ1v) is 6.32. The first-order valence-electron chi connectivity index (χ1n) is 5.57. The molecule has 0 fully saturated rings. The highest BCUT2D eigenvalue weighted by Gasteiger charge is 2.23. The van der Waals surface area contributed by atoms with Gasteiger partial charge in [0, 0.05) is 25.5 Å². The van der Waals surface area contributed by atoms with E-state index >= 15 is 0 Å². The highest BCUT2D eigenvalue weighted by molar-refractivity contribution is 6.35. The van der Waals surface area contributed by atoms with Crippen molar-refractivity contribution in [1.29, 1.82) is 0 Å². The van der Waals surface area contributed by atoms with Gasteiger partial charge in [0.15, 0.2) is 0 Å². The van der Waals surface area contributed by atoms with Crippen molar-refractivity contribution in [1.82, 2.24) is 9.88 Å². The van der Waals surface area contributed by atoms with Crippen LogP contribution in [-0.4, -0.2) is 34.9 Å². The van der Waals surface area contributed by atoms with Gasteiger partial charge in [-0.25, -0.2) is 0 Å². The summed E-state index contributed by atoms with van der Waals surface area (Å²) >= 11 is 12.0. The molecule has 6 heteroatoms. The van der Waals surface area contributed by atoms with Crippen molar-refractivity contribution in [3.05, 3.63) is 40.2 Å². The summed E-state index contributed by atoms with van der Waals surface area (Å²) in [4.78, 5) is 17.6. The molecule has 96 valence electrons. The lowest BCUT2D eigenvalue weighted by Gasteiger charge is -2.20. The molecule has 0 aromatic carbocycles. The Morgan fingerprint density at radius 2 is 1.89 bits per heavy atom. The van der Waals surface area contributed by atoms with Crippen molar-refractivity contribution in [2.24, 2.45) is 5.73 Å². The Kier molecular flexibility index (Phi) is 4.22. The van der Waals surface area contributed by atoms with Crippen LogP contribution in [-0.2, 0) is 11.2 Å². The fourth-order valence-corrected chi connectivity index (χ4v) is 2.35. The Hall–Kier alpha value is -1.10. The SMILES string of the molecule is NC(Cc1c(Cl)cncc1Cl)C(=O)N1CC=CC1. The van der Waals surface area contributed by atoms with E-state index < -0.39 is 6.04 Å². The number of halogens is 2. The molecule has 0 saturated heterocycles. The fraction of sp³-hybridized carbons (Fsp3) is 0.333. The van der Waals surface area contributed by atoms with Gasteiger partial charge in [-0.1, -0.05) is 35.4 Å². The third-order valence-corrected chi connectivity index (χ3v) is 3.47. The van der Waals surface area contributed by atoms with Crippen LogP contribution in [0.1, 0.15) is 5.56 Å². The van der Waals surface area contributed by atoms with Gasteiger partial charge in [-0.3, -0.25) is 9.78 Å². The molecular formula is C12H13Cl2N3O. The van der Waals surface area contributed by atoms with Crippen LogP contribution in [0.15, 0.2) is 24.5 Å². The molecule has 18 heavy (non-hydrogen) atoms. The average Bonchev–Trinajstić information content (AvgIpc) is 2.86. The van der Waals surface area contributed by atoms with Crippen LogP contribution in [0.4, 0.5) is 0 Å². The summed E-state index contributed by atoms with van der Waals surface area (Å²) in [5, 5.41) is 0.871. The highest BCUT2D eigenvalue weighted by Crippen LogP contribution is 2.24. The number of rotatable bonds is 3. The number of carbonyl (C=O) groups is 1. The predicted molar refractivity (Wildman–Crippen MR) is 71.7 cm³/mol. The number of carbonyl (C=O) groups excluding carboxylic acids is 1. The second-order valence-corrected chi connectivity index (χ2v) is 4.92. The van der Waals surface area contributed by atoms with Crippen LogP contribution in [0.25, 0.3) is 0 Å². The van der Waals surface area contributed by atoms with E-state index in [-0.39, 0.29) is 5.91 Å². The van der Waals surface area contributed by atoms with Crippen molar-refractivity contribution < 1.29 is 4.79 Å².